The van der Waals surface area contributed by atoms with Crippen molar-refractivity contribution in [3.8, 4) is 11.1 Å². The molecule has 1 fully saturated rings. The summed E-state index contributed by atoms with van der Waals surface area (Å²) in [4.78, 5) is 2.87. The molecule has 0 bridgehead atoms. The third-order valence-corrected chi connectivity index (χ3v) is 4.27. The van der Waals surface area contributed by atoms with Crippen molar-refractivity contribution in [1.29, 1.82) is 0 Å². The summed E-state index contributed by atoms with van der Waals surface area (Å²) in [6.45, 7) is 0. The minimum absolute atomic E-state index is 0.370. The Balaban J connectivity index is 1.92. The van der Waals surface area contributed by atoms with E-state index < -0.39 is 5.60 Å². The second-order valence-corrected chi connectivity index (χ2v) is 5.48. The minimum Gasteiger partial charge on any atom is -0.385 e. The van der Waals surface area contributed by atoms with Crippen LogP contribution in [0.2, 0.25) is 0 Å². The number of rotatable bonds is 3. The Morgan fingerprint density at radius 2 is 1.71 bits per heavy atom. The molecule has 1 aliphatic rings. The summed E-state index contributed by atoms with van der Waals surface area (Å²) in [6, 6.07) is 17.6. The Morgan fingerprint density at radius 3 is 2.38 bits per heavy atom. The first-order chi connectivity index (χ1) is 10.2. The van der Waals surface area contributed by atoms with E-state index in [0.717, 1.165) is 29.5 Å². The highest BCUT2D eigenvalue weighted by Gasteiger charge is 2.42. The summed E-state index contributed by atoms with van der Waals surface area (Å²) >= 11 is 0. The fraction of sp³-hybridized carbons (Fsp3) is 0.294. The normalized spacial score (nSPS) is 24.5. The zero-order valence-electron chi connectivity index (χ0n) is 11.7. The average molecular weight is 279 g/mol. The molecule has 1 saturated carbocycles. The van der Waals surface area contributed by atoms with Gasteiger partial charge in [-0.05, 0) is 41.5 Å². The Hall–Kier alpha value is -2.29. The van der Waals surface area contributed by atoms with Gasteiger partial charge in [-0.3, -0.25) is 0 Å². The first-order valence-corrected chi connectivity index (χ1v) is 7.16. The van der Waals surface area contributed by atoms with Gasteiger partial charge in [0.05, 0.1) is 11.6 Å². The van der Waals surface area contributed by atoms with Crippen LogP contribution in [-0.2, 0) is 5.60 Å². The molecule has 0 amide bonds. The van der Waals surface area contributed by atoms with Crippen molar-refractivity contribution in [2.75, 3.05) is 0 Å². The fourth-order valence-corrected chi connectivity index (χ4v) is 3.10. The molecule has 2 unspecified atom stereocenters. The van der Waals surface area contributed by atoms with Gasteiger partial charge in [-0.15, -0.1) is 0 Å². The maximum atomic E-state index is 10.9. The molecular weight excluding hydrogens is 262 g/mol. The maximum absolute atomic E-state index is 10.9. The van der Waals surface area contributed by atoms with Gasteiger partial charge >= 0.3 is 0 Å². The van der Waals surface area contributed by atoms with Crippen molar-refractivity contribution in [2.45, 2.75) is 30.9 Å². The highest BCUT2D eigenvalue weighted by atomic mass is 16.3. The first-order valence-electron chi connectivity index (χ1n) is 7.16. The SMILES string of the molecule is [N-]=[N+]=NC1CCCC1(O)c1ccc(-c2ccccc2)cc1. The van der Waals surface area contributed by atoms with E-state index in [-0.39, 0.29) is 6.04 Å². The van der Waals surface area contributed by atoms with Gasteiger partial charge in [0.25, 0.3) is 0 Å². The van der Waals surface area contributed by atoms with Crippen molar-refractivity contribution in [3.05, 3.63) is 70.6 Å². The molecule has 0 spiro atoms. The third kappa shape index (κ3) is 2.51. The lowest BCUT2D eigenvalue weighted by atomic mass is 9.88. The molecule has 0 heterocycles. The number of azide groups is 1. The molecule has 106 valence electrons. The summed E-state index contributed by atoms with van der Waals surface area (Å²) in [7, 11) is 0. The molecule has 4 nitrogen and oxygen atoms in total. The van der Waals surface area contributed by atoms with E-state index in [1.54, 1.807) is 0 Å². The predicted octanol–water partition coefficient (Wildman–Crippen LogP) is 4.40. The van der Waals surface area contributed by atoms with Crippen molar-refractivity contribution >= 4 is 0 Å². The monoisotopic (exact) mass is 279 g/mol. The van der Waals surface area contributed by atoms with Crippen LogP contribution in [0.3, 0.4) is 0 Å². The van der Waals surface area contributed by atoms with Crippen LogP contribution in [0.25, 0.3) is 21.6 Å². The van der Waals surface area contributed by atoms with E-state index in [1.807, 2.05) is 42.5 Å². The average Bonchev–Trinajstić information content (AvgIpc) is 2.91. The molecule has 0 saturated heterocycles. The van der Waals surface area contributed by atoms with E-state index in [4.69, 9.17) is 5.53 Å². The van der Waals surface area contributed by atoms with Crippen molar-refractivity contribution < 1.29 is 5.11 Å². The number of hydrogen-bond donors (Lipinski definition) is 1. The first kappa shape index (κ1) is 13.7. The summed E-state index contributed by atoms with van der Waals surface area (Å²) in [5, 5.41) is 14.6. The number of aliphatic hydroxyl groups is 1. The molecular formula is C17H17N3O. The molecule has 0 radical (unpaired) electrons. The van der Waals surface area contributed by atoms with Crippen LogP contribution in [-0.4, -0.2) is 11.1 Å². The second kappa shape index (κ2) is 5.60. The quantitative estimate of drug-likeness (QED) is 0.505. The summed E-state index contributed by atoms with van der Waals surface area (Å²) in [6.07, 6.45) is 2.25. The second-order valence-electron chi connectivity index (χ2n) is 5.48. The van der Waals surface area contributed by atoms with E-state index in [0.29, 0.717) is 6.42 Å². The lowest BCUT2D eigenvalue weighted by Gasteiger charge is -2.28. The van der Waals surface area contributed by atoms with Gasteiger partial charge in [0, 0.05) is 4.91 Å². The van der Waals surface area contributed by atoms with Gasteiger partial charge in [0.2, 0.25) is 0 Å². The Labute approximate surface area is 123 Å². The molecule has 2 aromatic carbocycles. The zero-order chi connectivity index (χ0) is 14.7. The minimum atomic E-state index is -1.03. The molecule has 3 rings (SSSR count). The summed E-state index contributed by atoms with van der Waals surface area (Å²) in [5.41, 5.74) is 10.7. The fourth-order valence-electron chi connectivity index (χ4n) is 3.10. The molecule has 0 aromatic heterocycles. The maximum Gasteiger partial charge on any atom is 0.0981 e. The van der Waals surface area contributed by atoms with Gasteiger partial charge in [-0.1, -0.05) is 59.7 Å². The summed E-state index contributed by atoms with van der Waals surface area (Å²) in [5.74, 6) is 0. The van der Waals surface area contributed by atoms with Gasteiger partial charge in [-0.2, -0.15) is 0 Å². The van der Waals surface area contributed by atoms with Crippen molar-refractivity contribution in [2.24, 2.45) is 5.11 Å². The standard InChI is InChI=1S/C17H17N3O/c18-20-19-16-7-4-12-17(16,21)15-10-8-14(9-11-15)13-5-2-1-3-6-13/h1-3,5-6,8-11,16,21H,4,7,12H2. The lowest BCUT2D eigenvalue weighted by molar-refractivity contribution is 0.0284. The van der Waals surface area contributed by atoms with Gasteiger partial charge in [0.1, 0.15) is 0 Å². The largest absolute Gasteiger partial charge is 0.385 e. The van der Waals surface area contributed by atoms with Crippen LogP contribution < -0.4 is 0 Å². The molecule has 1 aliphatic carbocycles. The van der Waals surface area contributed by atoms with Crippen molar-refractivity contribution in [3.63, 3.8) is 0 Å². The van der Waals surface area contributed by atoms with Crippen LogP contribution in [0.4, 0.5) is 0 Å². The lowest BCUT2D eigenvalue weighted by Crippen LogP contribution is -2.32. The van der Waals surface area contributed by atoms with Crippen LogP contribution in [0.5, 0.6) is 0 Å². The van der Waals surface area contributed by atoms with Crippen LogP contribution in [0.15, 0.2) is 59.7 Å². The number of nitrogens with zero attached hydrogens (tertiary/aromatic N) is 3. The molecule has 2 aromatic rings. The smallest absolute Gasteiger partial charge is 0.0981 e. The highest BCUT2D eigenvalue weighted by Crippen LogP contribution is 2.41. The van der Waals surface area contributed by atoms with Crippen molar-refractivity contribution in [1.82, 2.24) is 0 Å². The zero-order valence-corrected chi connectivity index (χ0v) is 11.7. The van der Waals surface area contributed by atoms with Crippen LogP contribution in [0, 0.1) is 0 Å². The van der Waals surface area contributed by atoms with E-state index in [1.165, 1.54) is 0 Å². The molecule has 21 heavy (non-hydrogen) atoms. The molecule has 4 heteroatoms. The van der Waals surface area contributed by atoms with E-state index in [9.17, 15) is 5.11 Å². The third-order valence-electron chi connectivity index (χ3n) is 4.27. The number of benzene rings is 2. The molecule has 1 N–H and O–H groups in total. The molecule has 2 atom stereocenters. The van der Waals surface area contributed by atoms with E-state index in [2.05, 4.69) is 22.2 Å². The predicted molar refractivity (Wildman–Crippen MR) is 82.6 cm³/mol. The number of hydrogen-bond acceptors (Lipinski definition) is 2. The van der Waals surface area contributed by atoms with Gasteiger partial charge in [-0.25, -0.2) is 0 Å². The van der Waals surface area contributed by atoms with Gasteiger partial charge in [0.15, 0.2) is 0 Å². The van der Waals surface area contributed by atoms with E-state index >= 15 is 0 Å². The Bertz CT molecular complexity index is 662. The highest BCUT2D eigenvalue weighted by molar-refractivity contribution is 5.63. The summed E-state index contributed by atoms with van der Waals surface area (Å²) < 4.78 is 0. The molecule has 0 aliphatic heterocycles. The Morgan fingerprint density at radius 1 is 1.05 bits per heavy atom. The topological polar surface area (TPSA) is 69.0 Å². The van der Waals surface area contributed by atoms with Crippen LogP contribution >= 0.6 is 0 Å². The van der Waals surface area contributed by atoms with Gasteiger partial charge < -0.3 is 5.11 Å². The van der Waals surface area contributed by atoms with Crippen LogP contribution in [0.1, 0.15) is 24.8 Å². The Kier molecular flexibility index (Phi) is 3.65.